The zero-order valence-corrected chi connectivity index (χ0v) is 12.6. The van der Waals surface area contributed by atoms with Gasteiger partial charge in [0, 0.05) is 21.4 Å². The van der Waals surface area contributed by atoms with Gasteiger partial charge in [-0.1, -0.05) is 18.1 Å². The van der Waals surface area contributed by atoms with E-state index in [1.54, 1.807) is 0 Å². The molecule has 17 heavy (non-hydrogen) atoms. The molecule has 4 N–H and O–H groups in total. The van der Waals surface area contributed by atoms with Crippen molar-refractivity contribution >= 4 is 43.4 Å². The molecule has 1 atom stereocenters. The predicted octanol–water partition coefficient (Wildman–Crippen LogP) is 3.54. The predicted molar refractivity (Wildman–Crippen MR) is 77.6 cm³/mol. The zero-order chi connectivity index (χ0) is 12.8. The molecule has 0 aliphatic rings. The zero-order valence-electron chi connectivity index (χ0n) is 9.45. The van der Waals surface area contributed by atoms with Crippen molar-refractivity contribution in [2.45, 2.75) is 25.8 Å². The number of hydrogen-bond acceptors (Lipinski definition) is 3. The molecule has 0 bridgehead atoms. The van der Waals surface area contributed by atoms with Gasteiger partial charge in [0.25, 0.3) is 0 Å². The lowest BCUT2D eigenvalue weighted by atomic mass is 10.1. The molecule has 0 aliphatic heterocycles. The van der Waals surface area contributed by atoms with Crippen LogP contribution in [0.25, 0.3) is 0 Å². The van der Waals surface area contributed by atoms with E-state index in [0.717, 1.165) is 21.1 Å². The summed E-state index contributed by atoms with van der Waals surface area (Å²) in [7, 11) is 0. The number of amidine groups is 1. The van der Waals surface area contributed by atoms with E-state index in [-0.39, 0.29) is 11.9 Å². The lowest BCUT2D eigenvalue weighted by Crippen LogP contribution is -2.26. The third-order valence-corrected chi connectivity index (χ3v) is 3.71. The SMILES string of the molecule is CCC(C/C(N)=N/O)Nc1c(Br)cccc1Br. The van der Waals surface area contributed by atoms with Crippen LogP contribution in [0, 0.1) is 0 Å². The quantitative estimate of drug-likeness (QED) is 0.324. The Morgan fingerprint density at radius 1 is 1.47 bits per heavy atom. The van der Waals surface area contributed by atoms with E-state index in [1.165, 1.54) is 0 Å². The Bertz CT molecular complexity index is 389. The van der Waals surface area contributed by atoms with Crippen LogP contribution in [0.1, 0.15) is 19.8 Å². The van der Waals surface area contributed by atoms with Crippen LogP contribution in [-0.4, -0.2) is 17.1 Å². The molecule has 6 heteroatoms. The van der Waals surface area contributed by atoms with Crippen LogP contribution >= 0.6 is 31.9 Å². The van der Waals surface area contributed by atoms with E-state index < -0.39 is 0 Å². The molecule has 0 aromatic heterocycles. The molecule has 0 radical (unpaired) electrons. The Morgan fingerprint density at radius 2 is 2.06 bits per heavy atom. The van der Waals surface area contributed by atoms with Gasteiger partial charge in [-0.3, -0.25) is 0 Å². The van der Waals surface area contributed by atoms with Crippen LogP contribution in [0.4, 0.5) is 5.69 Å². The van der Waals surface area contributed by atoms with Crippen molar-refractivity contribution in [3.63, 3.8) is 0 Å². The maximum atomic E-state index is 8.57. The van der Waals surface area contributed by atoms with Crippen molar-refractivity contribution in [1.29, 1.82) is 0 Å². The van der Waals surface area contributed by atoms with Crippen LogP contribution in [0.3, 0.4) is 0 Å². The van der Waals surface area contributed by atoms with E-state index >= 15 is 0 Å². The average molecular weight is 365 g/mol. The summed E-state index contributed by atoms with van der Waals surface area (Å²) in [6.07, 6.45) is 1.38. The third kappa shape index (κ3) is 4.20. The normalized spacial score (nSPS) is 13.5. The number of para-hydroxylation sites is 1. The molecule has 1 aromatic carbocycles. The molecule has 0 amide bonds. The highest BCUT2D eigenvalue weighted by molar-refractivity contribution is 9.11. The number of hydrogen-bond donors (Lipinski definition) is 3. The summed E-state index contributed by atoms with van der Waals surface area (Å²) >= 11 is 6.97. The number of nitrogens with two attached hydrogens (primary N) is 1. The van der Waals surface area contributed by atoms with Crippen LogP contribution in [-0.2, 0) is 0 Å². The highest BCUT2D eigenvalue weighted by Gasteiger charge is 2.12. The molecule has 0 spiro atoms. The van der Waals surface area contributed by atoms with Crippen molar-refractivity contribution < 1.29 is 5.21 Å². The van der Waals surface area contributed by atoms with Gasteiger partial charge in [-0.2, -0.15) is 0 Å². The fourth-order valence-corrected chi connectivity index (χ4v) is 2.66. The maximum Gasteiger partial charge on any atom is 0.141 e. The summed E-state index contributed by atoms with van der Waals surface area (Å²) in [4.78, 5) is 0. The first-order valence-corrected chi connectivity index (χ1v) is 6.84. The molecule has 1 unspecified atom stereocenters. The highest BCUT2D eigenvalue weighted by Crippen LogP contribution is 2.31. The number of anilines is 1. The fraction of sp³-hybridized carbons (Fsp3) is 0.364. The van der Waals surface area contributed by atoms with Crippen molar-refractivity contribution in [3.05, 3.63) is 27.1 Å². The third-order valence-electron chi connectivity index (χ3n) is 2.39. The summed E-state index contributed by atoms with van der Waals surface area (Å²) in [5, 5.41) is 14.9. The van der Waals surface area contributed by atoms with E-state index in [9.17, 15) is 0 Å². The highest BCUT2D eigenvalue weighted by atomic mass is 79.9. The summed E-state index contributed by atoms with van der Waals surface area (Å²) in [6.45, 7) is 2.05. The van der Waals surface area contributed by atoms with Gasteiger partial charge in [0.15, 0.2) is 0 Å². The van der Waals surface area contributed by atoms with Gasteiger partial charge in [0.2, 0.25) is 0 Å². The summed E-state index contributed by atoms with van der Waals surface area (Å²) in [5.41, 5.74) is 6.49. The van der Waals surface area contributed by atoms with Gasteiger partial charge in [-0.25, -0.2) is 0 Å². The van der Waals surface area contributed by atoms with E-state index in [2.05, 4.69) is 42.3 Å². The van der Waals surface area contributed by atoms with Crippen molar-refractivity contribution in [2.75, 3.05) is 5.32 Å². The first-order valence-electron chi connectivity index (χ1n) is 5.25. The van der Waals surface area contributed by atoms with Crippen LogP contribution in [0.2, 0.25) is 0 Å². The molecule has 4 nitrogen and oxygen atoms in total. The number of nitrogens with one attached hydrogen (secondary N) is 1. The Kier molecular flexibility index (Phi) is 5.77. The molecular weight excluding hydrogens is 350 g/mol. The smallest absolute Gasteiger partial charge is 0.141 e. The van der Waals surface area contributed by atoms with E-state index in [0.29, 0.717) is 6.42 Å². The lowest BCUT2D eigenvalue weighted by Gasteiger charge is -2.19. The molecule has 0 saturated carbocycles. The van der Waals surface area contributed by atoms with Crippen LogP contribution in [0.15, 0.2) is 32.3 Å². The van der Waals surface area contributed by atoms with E-state index in [1.807, 2.05) is 25.1 Å². The van der Waals surface area contributed by atoms with Gasteiger partial charge in [0.05, 0.1) is 5.69 Å². The Labute approximate surface area is 118 Å². The van der Waals surface area contributed by atoms with Crippen LogP contribution in [0.5, 0.6) is 0 Å². The summed E-state index contributed by atoms with van der Waals surface area (Å²) in [5.74, 6) is 0.229. The summed E-state index contributed by atoms with van der Waals surface area (Å²) in [6, 6.07) is 6.00. The minimum absolute atomic E-state index is 0.126. The molecule has 1 aromatic rings. The standard InChI is InChI=1S/C11H15Br2N3O/c1-2-7(6-10(14)16-17)15-11-8(12)4-3-5-9(11)13/h3-5,7,15,17H,2,6H2,1H3,(H2,14,16). The number of nitrogens with zero attached hydrogens (tertiary/aromatic N) is 1. The van der Waals surface area contributed by atoms with Gasteiger partial charge >= 0.3 is 0 Å². The second kappa shape index (κ2) is 6.86. The first kappa shape index (κ1) is 14.3. The summed E-state index contributed by atoms with van der Waals surface area (Å²) < 4.78 is 1.95. The van der Waals surface area contributed by atoms with Crippen LogP contribution < -0.4 is 11.1 Å². The van der Waals surface area contributed by atoms with Gasteiger partial charge in [-0.15, -0.1) is 0 Å². The molecule has 94 valence electrons. The maximum absolute atomic E-state index is 8.57. The number of rotatable bonds is 5. The first-order chi connectivity index (χ1) is 8.08. The Morgan fingerprint density at radius 3 is 2.53 bits per heavy atom. The average Bonchev–Trinajstić information content (AvgIpc) is 2.32. The largest absolute Gasteiger partial charge is 0.409 e. The minimum Gasteiger partial charge on any atom is -0.409 e. The number of halogens is 2. The Hall–Kier alpha value is -0.750. The van der Waals surface area contributed by atoms with Crippen molar-refractivity contribution in [2.24, 2.45) is 10.9 Å². The minimum atomic E-state index is 0.126. The monoisotopic (exact) mass is 363 g/mol. The molecule has 0 saturated heterocycles. The van der Waals surface area contributed by atoms with E-state index in [4.69, 9.17) is 10.9 Å². The number of oxime groups is 1. The number of benzene rings is 1. The van der Waals surface area contributed by atoms with Gasteiger partial charge < -0.3 is 16.3 Å². The van der Waals surface area contributed by atoms with Crippen molar-refractivity contribution in [1.82, 2.24) is 0 Å². The van der Waals surface area contributed by atoms with Crippen molar-refractivity contribution in [3.8, 4) is 0 Å². The van der Waals surface area contributed by atoms with Gasteiger partial charge in [0.1, 0.15) is 5.84 Å². The molecule has 0 fully saturated rings. The second-order valence-electron chi connectivity index (χ2n) is 3.64. The Balaban J connectivity index is 2.80. The topological polar surface area (TPSA) is 70.6 Å². The lowest BCUT2D eigenvalue weighted by molar-refractivity contribution is 0.316. The van der Waals surface area contributed by atoms with Gasteiger partial charge in [-0.05, 0) is 50.4 Å². The second-order valence-corrected chi connectivity index (χ2v) is 5.35. The molecule has 0 aliphatic carbocycles. The fourth-order valence-electron chi connectivity index (χ4n) is 1.43. The molecule has 0 heterocycles. The molecular formula is C11H15Br2N3O. The molecule has 1 rings (SSSR count).